The predicted octanol–water partition coefficient (Wildman–Crippen LogP) is -2.61. The van der Waals surface area contributed by atoms with E-state index in [9.17, 15) is 19.2 Å². The van der Waals surface area contributed by atoms with Crippen LogP contribution in [0.15, 0.2) is 0 Å². The molecule has 8 heteroatoms. The van der Waals surface area contributed by atoms with Gasteiger partial charge in [-0.05, 0) is 0 Å². The summed E-state index contributed by atoms with van der Waals surface area (Å²) in [6.45, 7) is 0. The van der Waals surface area contributed by atoms with Gasteiger partial charge in [-0.25, -0.2) is 9.59 Å². The number of urea groups is 2. The molecule has 1 saturated heterocycles. The fourth-order valence-electron chi connectivity index (χ4n) is 0.792. The molecule has 1 heterocycles. The molecule has 1 rings (SSSR count). The molecule has 5 N–H and O–H groups in total. The standard InChI is InChI=1S/C5H6N4O4/c6-4(12)7-1-2(10)8-5(13)9-3(1)11/h1H,(H3,6,7,12)(H2,8,9,10,11,13). The van der Waals surface area contributed by atoms with E-state index in [1.807, 2.05) is 5.32 Å². The zero-order chi connectivity index (χ0) is 10.0. The first-order valence-electron chi connectivity index (χ1n) is 3.22. The Bertz CT molecular complexity index is 279. The van der Waals surface area contributed by atoms with Crippen molar-refractivity contribution in [3.05, 3.63) is 0 Å². The summed E-state index contributed by atoms with van der Waals surface area (Å²) in [6, 6.07) is -3.39. The topological polar surface area (TPSA) is 130 Å². The van der Waals surface area contributed by atoms with Gasteiger partial charge in [0.1, 0.15) is 0 Å². The molecule has 0 saturated carbocycles. The van der Waals surface area contributed by atoms with Crippen LogP contribution in [0.4, 0.5) is 9.59 Å². The number of rotatable bonds is 1. The van der Waals surface area contributed by atoms with Crippen LogP contribution in [0.3, 0.4) is 0 Å². The Morgan fingerprint density at radius 1 is 1.23 bits per heavy atom. The number of nitrogens with one attached hydrogen (secondary N) is 3. The normalized spacial score (nSPS) is 17.7. The lowest BCUT2D eigenvalue weighted by atomic mass is 10.2. The van der Waals surface area contributed by atoms with Gasteiger partial charge in [-0.1, -0.05) is 0 Å². The quantitative estimate of drug-likeness (QED) is 0.334. The van der Waals surface area contributed by atoms with Crippen molar-refractivity contribution in [3.8, 4) is 0 Å². The number of imide groups is 2. The highest BCUT2D eigenvalue weighted by Gasteiger charge is 2.34. The van der Waals surface area contributed by atoms with Crippen LogP contribution in [0.5, 0.6) is 0 Å². The lowest BCUT2D eigenvalue weighted by Crippen LogP contribution is -2.64. The minimum Gasteiger partial charge on any atom is -0.352 e. The maximum Gasteiger partial charge on any atom is 0.328 e. The molecule has 0 radical (unpaired) electrons. The molecule has 0 spiro atoms. The molecular weight excluding hydrogens is 180 g/mol. The summed E-state index contributed by atoms with van der Waals surface area (Å²) in [7, 11) is 0. The first-order chi connectivity index (χ1) is 6.00. The van der Waals surface area contributed by atoms with E-state index in [1.165, 1.54) is 0 Å². The first kappa shape index (κ1) is 8.97. The van der Waals surface area contributed by atoms with Gasteiger partial charge in [-0.15, -0.1) is 0 Å². The summed E-state index contributed by atoms with van der Waals surface area (Å²) in [5.74, 6) is -1.82. The fourth-order valence-corrected chi connectivity index (χ4v) is 0.792. The summed E-state index contributed by atoms with van der Waals surface area (Å²) >= 11 is 0. The van der Waals surface area contributed by atoms with Crippen LogP contribution in [-0.2, 0) is 9.59 Å². The number of primary amides is 1. The molecule has 0 bridgehead atoms. The van der Waals surface area contributed by atoms with Crippen molar-refractivity contribution in [2.24, 2.45) is 5.73 Å². The van der Waals surface area contributed by atoms with Crippen molar-refractivity contribution < 1.29 is 19.2 Å². The van der Waals surface area contributed by atoms with Gasteiger partial charge in [0.2, 0.25) is 0 Å². The minimum absolute atomic E-state index is 0.910. The average Bonchev–Trinajstić information content (AvgIpc) is 1.96. The summed E-state index contributed by atoms with van der Waals surface area (Å²) < 4.78 is 0. The highest BCUT2D eigenvalue weighted by molar-refractivity contribution is 6.19. The monoisotopic (exact) mass is 186 g/mol. The van der Waals surface area contributed by atoms with E-state index >= 15 is 0 Å². The Kier molecular flexibility index (Phi) is 2.13. The lowest BCUT2D eigenvalue weighted by molar-refractivity contribution is -0.132. The van der Waals surface area contributed by atoms with Crippen molar-refractivity contribution >= 4 is 23.9 Å². The molecule has 1 aliphatic rings. The molecule has 0 aromatic carbocycles. The molecule has 0 unspecified atom stereocenters. The van der Waals surface area contributed by atoms with Gasteiger partial charge < -0.3 is 11.1 Å². The first-order valence-corrected chi connectivity index (χ1v) is 3.22. The number of hydrogen-bond acceptors (Lipinski definition) is 4. The second-order valence-corrected chi connectivity index (χ2v) is 2.25. The number of barbiturate groups is 1. The fraction of sp³-hybridized carbons (Fsp3) is 0.200. The van der Waals surface area contributed by atoms with Gasteiger partial charge >= 0.3 is 12.1 Å². The maximum atomic E-state index is 10.9. The molecular formula is C5H6N4O4. The Balaban J connectivity index is 2.73. The summed E-state index contributed by atoms with van der Waals surface area (Å²) in [6.07, 6.45) is 0. The Morgan fingerprint density at radius 3 is 2.08 bits per heavy atom. The van der Waals surface area contributed by atoms with E-state index in [0.29, 0.717) is 0 Å². The van der Waals surface area contributed by atoms with Crippen LogP contribution in [0, 0.1) is 0 Å². The SMILES string of the molecule is NC(=O)NC1C(=O)NC(=O)NC1=O. The zero-order valence-corrected chi connectivity index (χ0v) is 6.29. The molecule has 6 amide bonds. The summed E-state index contributed by atoms with van der Waals surface area (Å²) in [4.78, 5) is 42.6. The zero-order valence-electron chi connectivity index (χ0n) is 6.29. The van der Waals surface area contributed by atoms with E-state index in [-0.39, 0.29) is 0 Å². The van der Waals surface area contributed by atoms with Crippen LogP contribution < -0.4 is 21.7 Å². The van der Waals surface area contributed by atoms with Crippen molar-refractivity contribution in [1.82, 2.24) is 16.0 Å². The Hall–Kier alpha value is -2.12. The Morgan fingerprint density at radius 2 is 1.69 bits per heavy atom. The summed E-state index contributed by atoms with van der Waals surface area (Å²) in [5, 5.41) is 5.43. The second-order valence-electron chi connectivity index (χ2n) is 2.25. The minimum atomic E-state index is -1.45. The number of carbonyl (C=O) groups excluding carboxylic acids is 4. The smallest absolute Gasteiger partial charge is 0.328 e. The van der Waals surface area contributed by atoms with Gasteiger partial charge in [-0.3, -0.25) is 20.2 Å². The van der Waals surface area contributed by atoms with Gasteiger partial charge in [0.05, 0.1) is 0 Å². The van der Waals surface area contributed by atoms with E-state index in [0.717, 1.165) is 0 Å². The third-order valence-corrected chi connectivity index (χ3v) is 1.28. The largest absolute Gasteiger partial charge is 0.352 e. The summed E-state index contributed by atoms with van der Waals surface area (Å²) in [5.41, 5.74) is 4.69. The molecule has 0 aromatic rings. The average molecular weight is 186 g/mol. The second kappa shape index (κ2) is 3.09. The number of amides is 6. The highest BCUT2D eigenvalue weighted by Crippen LogP contribution is 1.90. The Labute approximate surface area is 71.8 Å². The lowest BCUT2D eigenvalue weighted by Gasteiger charge is -2.20. The number of nitrogens with two attached hydrogens (primary N) is 1. The van der Waals surface area contributed by atoms with Gasteiger partial charge in [0.25, 0.3) is 11.8 Å². The van der Waals surface area contributed by atoms with Crippen LogP contribution in [0.1, 0.15) is 0 Å². The van der Waals surface area contributed by atoms with Gasteiger partial charge in [0, 0.05) is 0 Å². The van der Waals surface area contributed by atoms with Crippen molar-refractivity contribution in [2.75, 3.05) is 0 Å². The highest BCUT2D eigenvalue weighted by atomic mass is 16.2. The molecule has 13 heavy (non-hydrogen) atoms. The molecule has 70 valence electrons. The molecule has 8 nitrogen and oxygen atoms in total. The van der Waals surface area contributed by atoms with Crippen LogP contribution in [0.25, 0.3) is 0 Å². The third kappa shape index (κ3) is 1.92. The molecule has 0 atom stereocenters. The van der Waals surface area contributed by atoms with Crippen LogP contribution in [-0.4, -0.2) is 29.9 Å². The molecule has 1 fully saturated rings. The van der Waals surface area contributed by atoms with Gasteiger partial charge in [-0.2, -0.15) is 0 Å². The van der Waals surface area contributed by atoms with Crippen molar-refractivity contribution in [1.29, 1.82) is 0 Å². The molecule has 1 aliphatic heterocycles. The van der Waals surface area contributed by atoms with Crippen molar-refractivity contribution in [2.45, 2.75) is 6.04 Å². The maximum absolute atomic E-state index is 10.9. The third-order valence-electron chi connectivity index (χ3n) is 1.28. The predicted molar refractivity (Wildman–Crippen MR) is 38.2 cm³/mol. The van der Waals surface area contributed by atoms with Gasteiger partial charge in [0.15, 0.2) is 6.04 Å². The van der Waals surface area contributed by atoms with Crippen molar-refractivity contribution in [3.63, 3.8) is 0 Å². The molecule has 0 aliphatic carbocycles. The number of hydrogen-bond donors (Lipinski definition) is 4. The van der Waals surface area contributed by atoms with Crippen LogP contribution in [0.2, 0.25) is 0 Å². The molecule has 0 aromatic heterocycles. The number of carbonyl (C=O) groups is 4. The van der Waals surface area contributed by atoms with Crippen LogP contribution >= 0.6 is 0 Å². The van der Waals surface area contributed by atoms with E-state index in [2.05, 4.69) is 5.73 Å². The van der Waals surface area contributed by atoms with E-state index in [4.69, 9.17) is 0 Å². The van der Waals surface area contributed by atoms with E-state index < -0.39 is 29.9 Å². The van der Waals surface area contributed by atoms with E-state index in [1.54, 1.807) is 10.6 Å².